The van der Waals surface area contributed by atoms with E-state index >= 15 is 0 Å². The van der Waals surface area contributed by atoms with Gasteiger partial charge in [-0.3, -0.25) is 18.7 Å². The van der Waals surface area contributed by atoms with E-state index in [0.717, 1.165) is 35.1 Å². The molecule has 1 fully saturated rings. The maximum atomic E-state index is 13.3. The van der Waals surface area contributed by atoms with Gasteiger partial charge in [0.1, 0.15) is 6.54 Å². The molecule has 0 N–H and O–H groups in total. The van der Waals surface area contributed by atoms with Gasteiger partial charge >= 0.3 is 11.9 Å². The molecule has 6 nitrogen and oxygen atoms in total. The predicted molar refractivity (Wildman–Crippen MR) is 120 cm³/mol. The van der Waals surface area contributed by atoms with E-state index in [1.54, 1.807) is 13.0 Å². The maximum Gasteiger partial charge on any atom is 0.416 e. The molecule has 0 radical (unpaired) electrons. The third-order valence-electron chi connectivity index (χ3n) is 5.97. The van der Waals surface area contributed by atoms with Crippen molar-refractivity contribution in [2.75, 3.05) is 0 Å². The van der Waals surface area contributed by atoms with E-state index in [1.165, 1.54) is 27.8 Å². The van der Waals surface area contributed by atoms with Crippen LogP contribution >= 0.6 is 0 Å². The van der Waals surface area contributed by atoms with Gasteiger partial charge in [-0.1, -0.05) is 42.5 Å². The highest BCUT2D eigenvalue weighted by molar-refractivity contribution is 5.77. The van der Waals surface area contributed by atoms with Gasteiger partial charge in [-0.25, -0.2) is 4.79 Å². The van der Waals surface area contributed by atoms with Crippen LogP contribution in [0.4, 0.5) is 13.2 Å². The van der Waals surface area contributed by atoms with Gasteiger partial charge in [-0.2, -0.15) is 13.2 Å². The number of alkyl halides is 3. The number of halogens is 3. The summed E-state index contributed by atoms with van der Waals surface area (Å²) in [4.78, 5) is 40.2. The third kappa shape index (κ3) is 5.13. The Morgan fingerprint density at radius 3 is 2.41 bits per heavy atom. The van der Waals surface area contributed by atoms with Gasteiger partial charge in [0, 0.05) is 18.3 Å². The van der Waals surface area contributed by atoms with Crippen LogP contribution in [0.5, 0.6) is 0 Å². The summed E-state index contributed by atoms with van der Waals surface area (Å²) in [6.45, 7) is 1.42. The summed E-state index contributed by atoms with van der Waals surface area (Å²) in [6.07, 6.45) is -1.66. The largest absolute Gasteiger partial charge is 0.416 e. The zero-order chi connectivity index (χ0) is 24.5. The lowest BCUT2D eigenvalue weighted by Gasteiger charge is -2.30. The molecule has 1 atom stereocenters. The Bertz CT molecular complexity index is 1290. The molecule has 178 valence electrons. The Morgan fingerprint density at radius 1 is 1.06 bits per heavy atom. The molecule has 0 bridgehead atoms. The maximum absolute atomic E-state index is 13.3. The number of rotatable bonds is 7. The Labute approximate surface area is 193 Å². The highest BCUT2D eigenvalue weighted by Crippen LogP contribution is 2.36. The lowest BCUT2D eigenvalue weighted by molar-refractivity contribution is -0.137. The van der Waals surface area contributed by atoms with Crippen molar-refractivity contribution < 1.29 is 18.0 Å². The summed E-state index contributed by atoms with van der Waals surface area (Å²) >= 11 is 0. The lowest BCUT2D eigenvalue weighted by atomic mass is 10.0. The Kier molecular flexibility index (Phi) is 6.45. The fraction of sp³-hybridized carbons (Fsp3) is 0.320. The van der Waals surface area contributed by atoms with Crippen molar-refractivity contribution in [1.29, 1.82) is 0 Å². The number of hydrogen-bond acceptors (Lipinski definition) is 3. The highest BCUT2D eigenvalue weighted by Gasteiger charge is 2.37. The van der Waals surface area contributed by atoms with Gasteiger partial charge in [0.05, 0.1) is 18.2 Å². The first kappa shape index (κ1) is 23.5. The molecule has 1 heterocycles. The van der Waals surface area contributed by atoms with E-state index in [-0.39, 0.29) is 12.6 Å². The fourth-order valence-electron chi connectivity index (χ4n) is 4.04. The van der Waals surface area contributed by atoms with Gasteiger partial charge in [0.2, 0.25) is 5.91 Å². The van der Waals surface area contributed by atoms with Gasteiger partial charge in [0.15, 0.2) is 0 Å². The molecule has 4 rings (SSSR count). The van der Waals surface area contributed by atoms with E-state index < -0.39 is 41.5 Å². The molecule has 3 aromatic rings. The monoisotopic (exact) mass is 471 g/mol. The van der Waals surface area contributed by atoms with Gasteiger partial charge in [-0.05, 0) is 43.0 Å². The number of benzene rings is 2. The second-order valence-electron chi connectivity index (χ2n) is 8.47. The Hall–Kier alpha value is -3.62. The Balaban J connectivity index is 1.60. The second-order valence-corrected chi connectivity index (χ2v) is 8.47. The molecular weight excluding hydrogens is 447 g/mol. The quantitative estimate of drug-likeness (QED) is 0.526. The average Bonchev–Trinajstić information content (AvgIpc) is 3.64. The minimum Gasteiger partial charge on any atom is -0.331 e. The number of carbonyl (C=O) groups excluding carboxylic acids is 1. The van der Waals surface area contributed by atoms with E-state index in [1.807, 2.05) is 30.3 Å². The first-order chi connectivity index (χ1) is 16.1. The summed E-state index contributed by atoms with van der Waals surface area (Å²) in [5.41, 5.74) is -0.809. The number of carbonyl (C=O) groups is 1. The lowest BCUT2D eigenvalue weighted by Crippen LogP contribution is -2.45. The van der Waals surface area contributed by atoms with E-state index in [0.29, 0.717) is 5.56 Å². The van der Waals surface area contributed by atoms with Crippen LogP contribution in [0.1, 0.15) is 42.5 Å². The molecule has 0 aliphatic heterocycles. The van der Waals surface area contributed by atoms with Gasteiger partial charge in [0.25, 0.3) is 5.56 Å². The van der Waals surface area contributed by atoms with Crippen molar-refractivity contribution in [3.63, 3.8) is 0 Å². The number of aromatic nitrogens is 2. The van der Waals surface area contributed by atoms with E-state index in [2.05, 4.69) is 0 Å². The number of hydrogen-bond donors (Lipinski definition) is 0. The topological polar surface area (TPSA) is 64.3 Å². The van der Waals surface area contributed by atoms with Crippen LogP contribution in [0.25, 0.3) is 0 Å². The molecule has 1 aromatic heterocycles. The molecule has 9 heteroatoms. The van der Waals surface area contributed by atoms with Crippen LogP contribution < -0.4 is 11.2 Å². The molecular formula is C25H24F3N3O3. The minimum atomic E-state index is -4.49. The summed E-state index contributed by atoms with van der Waals surface area (Å²) in [5.74, 6) is -0.482. The minimum absolute atomic E-state index is 0.136. The fourth-order valence-corrected chi connectivity index (χ4v) is 4.04. The summed E-state index contributed by atoms with van der Waals surface area (Å²) < 4.78 is 41.8. The van der Waals surface area contributed by atoms with Gasteiger partial charge in [-0.15, -0.1) is 0 Å². The smallest absolute Gasteiger partial charge is 0.331 e. The SMILES string of the molecule is CC(c1cccc(C(F)(F)F)c1)N(C(=O)Cn1c(=O)ccn(Cc2ccccc2)c1=O)C1CC1. The zero-order valence-electron chi connectivity index (χ0n) is 18.5. The third-order valence-corrected chi connectivity index (χ3v) is 5.97. The molecule has 1 aliphatic rings. The van der Waals surface area contributed by atoms with Crippen molar-refractivity contribution in [1.82, 2.24) is 14.0 Å². The van der Waals surface area contributed by atoms with Crippen molar-refractivity contribution >= 4 is 5.91 Å². The van der Waals surface area contributed by atoms with E-state index in [9.17, 15) is 27.6 Å². The first-order valence-electron chi connectivity index (χ1n) is 11.0. The Morgan fingerprint density at radius 2 is 1.76 bits per heavy atom. The van der Waals surface area contributed by atoms with Crippen LogP contribution in [0, 0.1) is 0 Å². The van der Waals surface area contributed by atoms with Crippen molar-refractivity contribution in [2.24, 2.45) is 0 Å². The van der Waals surface area contributed by atoms with E-state index in [4.69, 9.17) is 0 Å². The second kappa shape index (κ2) is 9.32. The van der Waals surface area contributed by atoms with Crippen LogP contribution in [0.3, 0.4) is 0 Å². The standard InChI is InChI=1S/C25H24F3N3O3/c1-17(19-8-5-9-20(14-19)25(26,27)28)31(21-10-11-21)23(33)16-30-22(32)12-13-29(24(30)34)15-18-6-3-2-4-7-18/h2-9,12-14,17,21H,10-11,15-16H2,1H3. The highest BCUT2D eigenvalue weighted by atomic mass is 19.4. The molecule has 1 aliphatic carbocycles. The molecule has 0 saturated heterocycles. The molecule has 1 unspecified atom stereocenters. The summed E-state index contributed by atoms with van der Waals surface area (Å²) in [5, 5.41) is 0. The molecule has 34 heavy (non-hydrogen) atoms. The zero-order valence-corrected chi connectivity index (χ0v) is 18.5. The van der Waals surface area contributed by atoms with Crippen LogP contribution in [0.15, 0.2) is 76.4 Å². The molecule has 1 amide bonds. The van der Waals surface area contributed by atoms with Crippen LogP contribution in [-0.4, -0.2) is 26.0 Å². The molecule has 1 saturated carbocycles. The van der Waals surface area contributed by atoms with Crippen molar-refractivity contribution in [3.8, 4) is 0 Å². The van der Waals surface area contributed by atoms with Crippen molar-refractivity contribution in [3.05, 3.63) is 104 Å². The van der Waals surface area contributed by atoms with Crippen molar-refractivity contribution in [2.45, 2.75) is 51.1 Å². The number of amides is 1. The van der Waals surface area contributed by atoms with Crippen LogP contribution in [-0.2, 0) is 24.1 Å². The van der Waals surface area contributed by atoms with Gasteiger partial charge < -0.3 is 4.90 Å². The van der Waals surface area contributed by atoms with Crippen LogP contribution in [0.2, 0.25) is 0 Å². The predicted octanol–water partition coefficient (Wildman–Crippen LogP) is 3.83. The first-order valence-corrected chi connectivity index (χ1v) is 11.0. The normalized spacial score (nSPS) is 14.6. The summed E-state index contributed by atoms with van der Waals surface area (Å²) in [6, 6.07) is 14.5. The summed E-state index contributed by atoms with van der Waals surface area (Å²) in [7, 11) is 0. The molecule has 2 aromatic carbocycles. The molecule has 0 spiro atoms. The number of nitrogens with zero attached hydrogens (tertiary/aromatic N) is 3. The average molecular weight is 471 g/mol.